The second kappa shape index (κ2) is 8.15. The molecule has 1 fully saturated rings. The van der Waals surface area contributed by atoms with Gasteiger partial charge in [-0.15, -0.1) is 0 Å². The largest absolute Gasteiger partial charge is 0.416 e. The van der Waals surface area contributed by atoms with Crippen molar-refractivity contribution < 1.29 is 26.3 Å². The molecule has 0 spiro atoms. The minimum Gasteiger partial charge on any atom is -0.299 e. The van der Waals surface area contributed by atoms with Crippen molar-refractivity contribution in [3.05, 3.63) is 70.3 Å². The zero-order valence-electron chi connectivity index (χ0n) is 15.2. The maximum absolute atomic E-state index is 13.0. The number of benzene rings is 2. The molecule has 7 heteroatoms. The van der Waals surface area contributed by atoms with E-state index in [2.05, 4.69) is 4.90 Å². The van der Waals surface area contributed by atoms with Crippen LogP contribution in [0.25, 0.3) is 0 Å². The van der Waals surface area contributed by atoms with E-state index in [-0.39, 0.29) is 18.1 Å². The van der Waals surface area contributed by atoms with Crippen LogP contribution >= 0.6 is 0 Å². The minimum absolute atomic E-state index is 0.00253. The quantitative estimate of drug-likeness (QED) is 0.544. The number of hydrogen-bond acceptors (Lipinski definition) is 1. The molecule has 28 heavy (non-hydrogen) atoms. The Kier molecular flexibility index (Phi) is 6.03. The van der Waals surface area contributed by atoms with Crippen molar-refractivity contribution in [2.75, 3.05) is 13.1 Å². The molecule has 2 aromatic carbocycles. The molecule has 1 aliphatic rings. The maximum atomic E-state index is 13.0. The molecule has 0 radical (unpaired) electrons. The Morgan fingerprint density at radius 2 is 1.25 bits per heavy atom. The number of nitrogens with zero attached hydrogens (tertiary/aromatic N) is 1. The molecular formula is C21H21F6N. The van der Waals surface area contributed by atoms with E-state index in [1.54, 1.807) is 12.1 Å². The van der Waals surface area contributed by atoms with Gasteiger partial charge in [0.1, 0.15) is 0 Å². The monoisotopic (exact) mass is 401 g/mol. The van der Waals surface area contributed by atoms with Gasteiger partial charge in [0.05, 0.1) is 11.1 Å². The van der Waals surface area contributed by atoms with Crippen LogP contribution in [0.2, 0.25) is 0 Å². The van der Waals surface area contributed by atoms with Gasteiger partial charge in [-0.2, -0.15) is 26.3 Å². The zero-order chi connectivity index (χ0) is 20.4. The molecule has 152 valence electrons. The number of piperidine rings is 1. The summed E-state index contributed by atoms with van der Waals surface area (Å²) in [4.78, 5) is 2.31. The molecular weight excluding hydrogens is 380 g/mol. The molecule has 1 heterocycles. The molecule has 0 aliphatic carbocycles. The van der Waals surface area contributed by atoms with Gasteiger partial charge in [0.25, 0.3) is 0 Å². The van der Waals surface area contributed by atoms with E-state index in [1.807, 2.05) is 12.1 Å². The topological polar surface area (TPSA) is 3.24 Å². The van der Waals surface area contributed by atoms with Gasteiger partial charge < -0.3 is 0 Å². The highest BCUT2D eigenvalue weighted by atomic mass is 19.4. The fraction of sp³-hybridized carbons (Fsp3) is 0.429. The van der Waals surface area contributed by atoms with Gasteiger partial charge in [-0.3, -0.25) is 4.90 Å². The van der Waals surface area contributed by atoms with E-state index in [9.17, 15) is 26.3 Å². The number of hydrogen-bond donors (Lipinski definition) is 0. The molecule has 0 N–H and O–H groups in total. The van der Waals surface area contributed by atoms with E-state index in [0.717, 1.165) is 50.2 Å². The van der Waals surface area contributed by atoms with Gasteiger partial charge in [-0.05, 0) is 67.2 Å². The van der Waals surface area contributed by atoms with E-state index >= 15 is 0 Å². The van der Waals surface area contributed by atoms with Crippen LogP contribution in [0.1, 0.15) is 47.1 Å². The fourth-order valence-corrected chi connectivity index (χ4v) is 3.57. The minimum atomic E-state index is -4.83. The smallest absolute Gasteiger partial charge is 0.299 e. The summed E-state index contributed by atoms with van der Waals surface area (Å²) in [7, 11) is 0. The Bertz CT molecular complexity index is 771. The molecule has 0 aromatic heterocycles. The first-order valence-electron chi connectivity index (χ1n) is 9.20. The van der Waals surface area contributed by atoms with Crippen LogP contribution in [0.5, 0.6) is 0 Å². The van der Waals surface area contributed by atoms with Gasteiger partial charge in [-0.25, -0.2) is 0 Å². The van der Waals surface area contributed by atoms with E-state index in [1.165, 1.54) is 6.42 Å². The van der Waals surface area contributed by atoms with Crippen LogP contribution in [0.4, 0.5) is 26.3 Å². The molecule has 1 saturated heterocycles. The molecule has 3 rings (SSSR count). The lowest BCUT2D eigenvalue weighted by Gasteiger charge is -2.26. The lowest BCUT2D eigenvalue weighted by molar-refractivity contribution is -0.143. The van der Waals surface area contributed by atoms with E-state index in [0.29, 0.717) is 5.56 Å². The molecule has 0 unspecified atom stereocenters. The van der Waals surface area contributed by atoms with E-state index in [4.69, 9.17) is 0 Å². The third-order valence-corrected chi connectivity index (χ3v) is 4.90. The summed E-state index contributed by atoms with van der Waals surface area (Å²) in [5, 5.41) is 0. The van der Waals surface area contributed by atoms with Crippen LogP contribution < -0.4 is 0 Å². The first-order valence-corrected chi connectivity index (χ1v) is 9.20. The standard InChI is InChI=1S/C21H21F6N/c22-20(23,24)18-11-17(12-19(13-18)21(25,26)27)10-15-5-4-6-16(9-15)14-28-7-2-1-3-8-28/h4-6,9,11-13H,1-3,7-8,10,14H2. The average molecular weight is 401 g/mol. The van der Waals surface area contributed by atoms with Gasteiger partial charge in [0.15, 0.2) is 0 Å². The Morgan fingerprint density at radius 1 is 0.679 bits per heavy atom. The molecule has 0 bridgehead atoms. The lowest BCUT2D eigenvalue weighted by atomic mass is 9.98. The SMILES string of the molecule is FC(F)(F)c1cc(Cc2cccc(CN3CCCCC3)c2)cc(C(F)(F)F)c1. The van der Waals surface area contributed by atoms with Crippen molar-refractivity contribution in [1.82, 2.24) is 4.90 Å². The lowest BCUT2D eigenvalue weighted by Crippen LogP contribution is -2.29. The van der Waals surface area contributed by atoms with Crippen LogP contribution in [-0.2, 0) is 25.3 Å². The third kappa shape index (κ3) is 5.50. The molecule has 0 saturated carbocycles. The van der Waals surface area contributed by atoms with Gasteiger partial charge in [0, 0.05) is 6.54 Å². The molecule has 1 nitrogen and oxygen atoms in total. The van der Waals surface area contributed by atoms with Crippen LogP contribution in [0.3, 0.4) is 0 Å². The zero-order valence-corrected chi connectivity index (χ0v) is 15.2. The number of likely N-dealkylation sites (tertiary alicyclic amines) is 1. The summed E-state index contributed by atoms with van der Waals surface area (Å²) in [5.41, 5.74) is -0.842. The number of alkyl halides is 6. The van der Waals surface area contributed by atoms with Crippen molar-refractivity contribution in [3.63, 3.8) is 0 Å². The molecule has 0 amide bonds. The Balaban J connectivity index is 1.83. The Labute approximate surface area is 160 Å². The summed E-state index contributed by atoms with van der Waals surface area (Å²) in [6.07, 6.45) is -6.14. The highest BCUT2D eigenvalue weighted by molar-refractivity contribution is 5.37. The van der Waals surface area contributed by atoms with Gasteiger partial charge in [0.2, 0.25) is 0 Å². The van der Waals surface area contributed by atoms with Crippen molar-refractivity contribution in [3.8, 4) is 0 Å². The Hall–Kier alpha value is -2.02. The highest BCUT2D eigenvalue weighted by Crippen LogP contribution is 2.36. The van der Waals surface area contributed by atoms with Gasteiger partial charge in [-0.1, -0.05) is 30.7 Å². The van der Waals surface area contributed by atoms with Gasteiger partial charge >= 0.3 is 12.4 Å². The second-order valence-corrected chi connectivity index (χ2v) is 7.25. The van der Waals surface area contributed by atoms with Crippen LogP contribution in [0, 0.1) is 0 Å². The summed E-state index contributed by atoms with van der Waals surface area (Å²) < 4.78 is 78.2. The first-order chi connectivity index (χ1) is 13.1. The summed E-state index contributed by atoms with van der Waals surface area (Å²) in [6, 6.07) is 9.09. The van der Waals surface area contributed by atoms with Crippen molar-refractivity contribution in [2.45, 2.75) is 44.6 Å². The summed E-state index contributed by atoms with van der Waals surface area (Å²) in [6.45, 7) is 2.75. The first kappa shape index (κ1) is 20.7. The van der Waals surface area contributed by atoms with Crippen molar-refractivity contribution >= 4 is 0 Å². The highest BCUT2D eigenvalue weighted by Gasteiger charge is 2.36. The van der Waals surface area contributed by atoms with Crippen molar-refractivity contribution in [2.24, 2.45) is 0 Å². The second-order valence-electron chi connectivity index (χ2n) is 7.25. The molecule has 1 aliphatic heterocycles. The fourth-order valence-electron chi connectivity index (χ4n) is 3.57. The normalized spacial score (nSPS) is 16.4. The number of rotatable bonds is 4. The average Bonchev–Trinajstić information content (AvgIpc) is 2.61. The number of halogens is 6. The molecule has 2 aromatic rings. The van der Waals surface area contributed by atoms with Crippen molar-refractivity contribution in [1.29, 1.82) is 0 Å². The van der Waals surface area contributed by atoms with Crippen LogP contribution in [-0.4, -0.2) is 18.0 Å². The summed E-state index contributed by atoms with van der Waals surface area (Å²) >= 11 is 0. The predicted molar refractivity (Wildman–Crippen MR) is 94.8 cm³/mol. The third-order valence-electron chi connectivity index (χ3n) is 4.90. The predicted octanol–water partition coefficient (Wildman–Crippen LogP) is 6.30. The van der Waals surface area contributed by atoms with Crippen LogP contribution in [0.15, 0.2) is 42.5 Å². The Morgan fingerprint density at radius 3 is 1.82 bits per heavy atom. The molecule has 0 atom stereocenters. The van der Waals surface area contributed by atoms with E-state index < -0.39 is 23.5 Å². The maximum Gasteiger partial charge on any atom is 0.416 e. The summed E-state index contributed by atoms with van der Waals surface area (Å²) in [5.74, 6) is 0.